The average molecular weight is 539 g/mol. The predicted molar refractivity (Wildman–Crippen MR) is 140 cm³/mol. The van der Waals surface area contributed by atoms with Crippen molar-refractivity contribution in [3.63, 3.8) is 0 Å². The summed E-state index contributed by atoms with van der Waals surface area (Å²) in [6.45, 7) is 0. The number of carbonyl (C=O) groups is 3. The Morgan fingerprint density at radius 3 is 2.54 bits per heavy atom. The first kappa shape index (κ1) is 25.6. The molecule has 0 aliphatic heterocycles. The number of nitro benzene ring substituents is 1. The molecule has 11 nitrogen and oxygen atoms in total. The summed E-state index contributed by atoms with van der Waals surface area (Å²) in [5.41, 5.74) is 0.837. The third-order valence-corrected chi connectivity index (χ3v) is 7.19. The molecule has 3 aromatic carbocycles. The molecular formula is C24H18N4O7S2. The minimum absolute atomic E-state index is 0.0292. The summed E-state index contributed by atoms with van der Waals surface area (Å²) in [7, 11) is 1.39. The number of hydrogen-bond acceptors (Lipinski definition) is 9. The highest BCUT2D eigenvalue weighted by molar-refractivity contribution is 8.01. The molecule has 0 radical (unpaired) electrons. The van der Waals surface area contributed by atoms with E-state index in [1.165, 1.54) is 60.5 Å². The Bertz CT molecular complexity index is 1540. The van der Waals surface area contributed by atoms with Gasteiger partial charge < -0.3 is 20.5 Å². The van der Waals surface area contributed by atoms with Crippen LogP contribution in [0.4, 0.5) is 17.1 Å². The summed E-state index contributed by atoms with van der Waals surface area (Å²) in [6, 6.07) is 15.1. The van der Waals surface area contributed by atoms with Gasteiger partial charge in [-0.15, -0.1) is 11.3 Å². The fraction of sp³-hybridized carbons (Fsp3) is 0.0833. The van der Waals surface area contributed by atoms with Gasteiger partial charge in [-0.05, 0) is 42.5 Å². The molecule has 13 heteroatoms. The maximum Gasteiger partial charge on any atom is 0.336 e. The number of anilines is 2. The number of carboxylic acid groups (broad SMARTS) is 1. The number of fused-ring (bicyclic) bond motifs is 1. The van der Waals surface area contributed by atoms with Gasteiger partial charge in [-0.2, -0.15) is 0 Å². The van der Waals surface area contributed by atoms with E-state index < -0.39 is 22.7 Å². The third kappa shape index (κ3) is 6.02. The minimum atomic E-state index is -1.20. The van der Waals surface area contributed by atoms with Crippen molar-refractivity contribution in [1.82, 2.24) is 4.98 Å². The molecule has 1 heterocycles. The van der Waals surface area contributed by atoms with Crippen molar-refractivity contribution < 1.29 is 29.2 Å². The molecule has 3 N–H and O–H groups in total. The summed E-state index contributed by atoms with van der Waals surface area (Å²) >= 11 is 2.47. The fourth-order valence-corrected chi connectivity index (χ4v) is 5.23. The van der Waals surface area contributed by atoms with E-state index in [4.69, 9.17) is 4.74 Å². The number of aromatic nitrogens is 1. The number of benzene rings is 3. The van der Waals surface area contributed by atoms with E-state index in [2.05, 4.69) is 15.6 Å². The Kier molecular flexibility index (Phi) is 7.65. The van der Waals surface area contributed by atoms with Crippen molar-refractivity contribution in [2.24, 2.45) is 0 Å². The Morgan fingerprint density at radius 2 is 1.84 bits per heavy atom. The molecule has 0 bridgehead atoms. The lowest BCUT2D eigenvalue weighted by Gasteiger charge is -2.07. The molecule has 0 aliphatic carbocycles. The second-order valence-corrected chi connectivity index (χ2v) is 9.70. The highest BCUT2D eigenvalue weighted by Crippen LogP contribution is 2.32. The zero-order chi connectivity index (χ0) is 26.5. The number of aromatic carboxylic acids is 1. The Balaban J connectivity index is 1.42. The van der Waals surface area contributed by atoms with Gasteiger partial charge in [-0.3, -0.25) is 19.7 Å². The zero-order valence-electron chi connectivity index (χ0n) is 19.1. The first-order valence-electron chi connectivity index (χ1n) is 10.5. The largest absolute Gasteiger partial charge is 0.496 e. The quantitative estimate of drug-likeness (QED) is 0.153. The minimum Gasteiger partial charge on any atom is -0.496 e. The highest BCUT2D eigenvalue weighted by Gasteiger charge is 2.19. The molecule has 0 saturated heterocycles. The lowest BCUT2D eigenvalue weighted by atomic mass is 10.1. The van der Waals surface area contributed by atoms with Crippen molar-refractivity contribution in [2.75, 3.05) is 23.5 Å². The second kappa shape index (κ2) is 11.1. The van der Waals surface area contributed by atoms with Gasteiger partial charge in [0, 0.05) is 5.69 Å². The topological polar surface area (TPSA) is 161 Å². The van der Waals surface area contributed by atoms with E-state index in [1.54, 1.807) is 30.3 Å². The number of carboxylic acids is 1. The molecule has 37 heavy (non-hydrogen) atoms. The average Bonchev–Trinajstić information content (AvgIpc) is 3.29. The lowest BCUT2D eigenvalue weighted by molar-refractivity contribution is -0.384. The van der Waals surface area contributed by atoms with Crippen LogP contribution in [0.15, 0.2) is 65.0 Å². The first-order chi connectivity index (χ1) is 17.7. The van der Waals surface area contributed by atoms with Gasteiger partial charge in [0.1, 0.15) is 11.4 Å². The van der Waals surface area contributed by atoms with Crippen LogP contribution >= 0.6 is 23.1 Å². The van der Waals surface area contributed by atoms with Crippen molar-refractivity contribution >= 4 is 68.2 Å². The molecule has 0 unspecified atom stereocenters. The molecule has 188 valence electrons. The summed E-state index contributed by atoms with van der Waals surface area (Å²) in [5, 5.41) is 25.8. The number of amides is 2. The van der Waals surface area contributed by atoms with Crippen LogP contribution < -0.4 is 15.4 Å². The summed E-state index contributed by atoms with van der Waals surface area (Å²) in [4.78, 5) is 51.6. The van der Waals surface area contributed by atoms with E-state index in [0.717, 1.165) is 4.70 Å². The Morgan fingerprint density at radius 1 is 1.08 bits per heavy atom. The molecular weight excluding hydrogens is 520 g/mol. The smallest absolute Gasteiger partial charge is 0.336 e. The van der Waals surface area contributed by atoms with Crippen LogP contribution in [0.25, 0.3) is 10.2 Å². The molecule has 0 aliphatic rings. The number of hydrogen-bond donors (Lipinski definition) is 3. The maximum atomic E-state index is 12.6. The molecule has 0 fully saturated rings. The monoisotopic (exact) mass is 538 g/mol. The normalized spacial score (nSPS) is 10.6. The van der Waals surface area contributed by atoms with Gasteiger partial charge in [0.25, 0.3) is 11.6 Å². The molecule has 0 spiro atoms. The van der Waals surface area contributed by atoms with Gasteiger partial charge in [-0.25, -0.2) is 9.78 Å². The van der Waals surface area contributed by atoms with Crippen LogP contribution in [0.1, 0.15) is 20.7 Å². The van der Waals surface area contributed by atoms with Gasteiger partial charge in [-0.1, -0.05) is 23.9 Å². The van der Waals surface area contributed by atoms with Crippen LogP contribution in [-0.4, -0.2) is 45.7 Å². The number of nitro groups is 1. The molecule has 4 rings (SSSR count). The zero-order valence-corrected chi connectivity index (χ0v) is 20.7. The van der Waals surface area contributed by atoms with E-state index >= 15 is 0 Å². The van der Waals surface area contributed by atoms with Gasteiger partial charge in [0.15, 0.2) is 4.34 Å². The summed E-state index contributed by atoms with van der Waals surface area (Å²) < 4.78 is 6.33. The maximum absolute atomic E-state index is 12.6. The van der Waals surface area contributed by atoms with E-state index in [1.807, 2.05) is 0 Å². The molecule has 0 atom stereocenters. The number of nitrogens with zero attached hydrogens (tertiary/aromatic N) is 2. The molecule has 1 aromatic heterocycles. The number of methoxy groups -OCH3 is 1. The Hall–Kier alpha value is -4.49. The van der Waals surface area contributed by atoms with Gasteiger partial charge in [0.05, 0.1) is 45.2 Å². The first-order valence-corrected chi connectivity index (χ1v) is 12.3. The van der Waals surface area contributed by atoms with Gasteiger partial charge in [0.2, 0.25) is 5.91 Å². The highest BCUT2D eigenvalue weighted by atomic mass is 32.2. The number of carbonyl (C=O) groups excluding carboxylic acids is 2. The Labute approximate surface area is 217 Å². The lowest BCUT2D eigenvalue weighted by Crippen LogP contribution is -2.16. The van der Waals surface area contributed by atoms with Crippen LogP contribution in [0.2, 0.25) is 0 Å². The third-order valence-electron chi connectivity index (χ3n) is 5.03. The van der Waals surface area contributed by atoms with Gasteiger partial charge >= 0.3 is 5.97 Å². The molecule has 0 saturated carbocycles. The summed E-state index contributed by atoms with van der Waals surface area (Å²) in [5.74, 6) is -1.92. The number of thiazole rings is 1. The number of ether oxygens (including phenoxy) is 1. The number of rotatable bonds is 9. The standard InChI is InChI=1S/C24H18N4O7S2/c1-35-14-7-9-17(19(11-14)28(33)34)26-21(29)12-36-24-27-18-8-6-13(10-20(18)37-24)25-22(30)15-4-2-3-5-16(15)23(31)32/h2-11H,12H2,1H3,(H,25,30)(H,26,29)(H,31,32). The van der Waals surface area contributed by atoms with E-state index in [-0.39, 0.29) is 28.3 Å². The van der Waals surface area contributed by atoms with Crippen LogP contribution in [0, 0.1) is 10.1 Å². The van der Waals surface area contributed by atoms with Crippen LogP contribution in [0.5, 0.6) is 5.75 Å². The van der Waals surface area contributed by atoms with Crippen molar-refractivity contribution in [3.05, 3.63) is 81.9 Å². The fourth-order valence-electron chi connectivity index (χ4n) is 3.32. The molecule has 4 aromatic rings. The van der Waals surface area contributed by atoms with Crippen molar-refractivity contribution in [2.45, 2.75) is 4.34 Å². The van der Waals surface area contributed by atoms with Crippen LogP contribution in [-0.2, 0) is 4.79 Å². The van der Waals surface area contributed by atoms with E-state index in [9.17, 15) is 29.6 Å². The van der Waals surface area contributed by atoms with Crippen LogP contribution in [0.3, 0.4) is 0 Å². The van der Waals surface area contributed by atoms with E-state index in [0.29, 0.717) is 21.3 Å². The summed E-state index contributed by atoms with van der Waals surface area (Å²) in [6.07, 6.45) is 0. The number of nitrogens with one attached hydrogen (secondary N) is 2. The molecule has 2 amide bonds. The number of thioether (sulfide) groups is 1. The predicted octanol–water partition coefficient (Wildman–Crippen LogP) is 4.89. The SMILES string of the molecule is COc1ccc(NC(=O)CSc2nc3ccc(NC(=O)c4ccccc4C(=O)O)cc3s2)c([N+](=O)[O-])c1. The second-order valence-electron chi connectivity index (χ2n) is 7.44. The van der Waals surface area contributed by atoms with Crippen molar-refractivity contribution in [3.8, 4) is 5.75 Å². The van der Waals surface area contributed by atoms with Crippen molar-refractivity contribution in [1.29, 1.82) is 0 Å².